The highest BCUT2D eigenvalue weighted by atomic mass is 79.9. The molecule has 2 N–H and O–H groups in total. The summed E-state index contributed by atoms with van der Waals surface area (Å²) < 4.78 is 12.3. The second-order valence-electron chi connectivity index (χ2n) is 4.22. The van der Waals surface area contributed by atoms with E-state index in [1.54, 1.807) is 0 Å². The van der Waals surface area contributed by atoms with E-state index in [1.807, 2.05) is 48.5 Å². The number of fused-ring (bicyclic) bond motifs is 1. The number of furan rings is 1. The fraction of sp³-hybridized carbons (Fsp3) is 0.0667. The minimum Gasteiger partial charge on any atom is -0.486 e. The summed E-state index contributed by atoms with van der Waals surface area (Å²) in [6, 6.07) is 15.2. The van der Waals surface area contributed by atoms with Gasteiger partial charge < -0.3 is 14.9 Å². The lowest BCUT2D eigenvalue weighted by Crippen LogP contribution is -1.93. The molecule has 3 rings (SSSR count). The highest BCUT2D eigenvalue weighted by molar-refractivity contribution is 9.10. The van der Waals surface area contributed by atoms with Crippen molar-refractivity contribution in [3.05, 3.63) is 58.8 Å². The molecule has 0 bridgehead atoms. The number of hydrogen-bond donors (Lipinski definition) is 1. The molecule has 96 valence electrons. The average Bonchev–Trinajstić information content (AvgIpc) is 2.81. The molecule has 0 amide bonds. The molecule has 0 saturated carbocycles. The van der Waals surface area contributed by atoms with Gasteiger partial charge in [-0.1, -0.05) is 28.1 Å². The van der Waals surface area contributed by atoms with Crippen molar-refractivity contribution in [2.75, 3.05) is 5.73 Å². The molecule has 0 radical (unpaired) electrons. The molecular weight excluding hydrogens is 306 g/mol. The molecule has 1 aromatic heterocycles. The van der Waals surface area contributed by atoms with Crippen LogP contribution in [0, 0.1) is 0 Å². The van der Waals surface area contributed by atoms with E-state index in [9.17, 15) is 0 Å². The Hall–Kier alpha value is -1.94. The predicted octanol–water partition coefficient (Wildman–Crippen LogP) is 4.36. The van der Waals surface area contributed by atoms with Crippen molar-refractivity contribution >= 4 is 32.6 Å². The first-order chi connectivity index (χ1) is 9.22. The number of anilines is 1. The zero-order valence-corrected chi connectivity index (χ0v) is 11.7. The molecule has 4 heteroatoms. The minimum atomic E-state index is 0.380. The summed E-state index contributed by atoms with van der Waals surface area (Å²) >= 11 is 3.41. The summed E-state index contributed by atoms with van der Waals surface area (Å²) in [7, 11) is 0. The number of hydrogen-bond acceptors (Lipinski definition) is 3. The number of nitrogen functional groups attached to an aromatic ring is 1. The van der Waals surface area contributed by atoms with E-state index in [-0.39, 0.29) is 0 Å². The largest absolute Gasteiger partial charge is 0.486 e. The van der Waals surface area contributed by atoms with Crippen molar-refractivity contribution in [3.8, 4) is 5.75 Å². The molecule has 0 fully saturated rings. The Labute approximate surface area is 119 Å². The molecule has 0 aliphatic rings. The van der Waals surface area contributed by atoms with E-state index in [0.717, 1.165) is 32.6 Å². The van der Waals surface area contributed by atoms with Crippen LogP contribution in [-0.4, -0.2) is 0 Å². The van der Waals surface area contributed by atoms with Crippen LogP contribution in [0.25, 0.3) is 11.0 Å². The fourth-order valence-electron chi connectivity index (χ4n) is 1.92. The Kier molecular flexibility index (Phi) is 3.17. The Bertz CT molecular complexity index is 721. The molecular formula is C15H12BrNO2. The SMILES string of the molecule is Nc1cccc2oc(COc3cccc(Br)c3)cc12. The molecule has 0 aliphatic carbocycles. The highest BCUT2D eigenvalue weighted by Gasteiger charge is 2.06. The van der Waals surface area contributed by atoms with Gasteiger partial charge in [0.25, 0.3) is 0 Å². The van der Waals surface area contributed by atoms with Crippen molar-refractivity contribution in [1.82, 2.24) is 0 Å². The number of halogens is 1. The summed E-state index contributed by atoms with van der Waals surface area (Å²) in [5.41, 5.74) is 7.39. The van der Waals surface area contributed by atoms with Crippen LogP contribution in [0.4, 0.5) is 5.69 Å². The number of ether oxygens (including phenoxy) is 1. The van der Waals surface area contributed by atoms with E-state index in [0.29, 0.717) is 6.61 Å². The maximum atomic E-state index is 5.89. The van der Waals surface area contributed by atoms with Crippen LogP contribution >= 0.6 is 15.9 Å². The van der Waals surface area contributed by atoms with Crippen LogP contribution < -0.4 is 10.5 Å². The van der Waals surface area contributed by atoms with Crippen LogP contribution in [0.2, 0.25) is 0 Å². The monoisotopic (exact) mass is 317 g/mol. The average molecular weight is 318 g/mol. The van der Waals surface area contributed by atoms with E-state index < -0.39 is 0 Å². The van der Waals surface area contributed by atoms with Gasteiger partial charge in [-0.3, -0.25) is 0 Å². The third-order valence-electron chi connectivity index (χ3n) is 2.82. The van der Waals surface area contributed by atoms with Crippen LogP contribution in [0.3, 0.4) is 0 Å². The van der Waals surface area contributed by atoms with Gasteiger partial charge in [0.2, 0.25) is 0 Å². The van der Waals surface area contributed by atoms with Gasteiger partial charge in [-0.15, -0.1) is 0 Å². The summed E-state index contributed by atoms with van der Waals surface area (Å²) in [5.74, 6) is 1.55. The van der Waals surface area contributed by atoms with Crippen LogP contribution in [0.1, 0.15) is 5.76 Å². The topological polar surface area (TPSA) is 48.4 Å². The first-order valence-electron chi connectivity index (χ1n) is 5.87. The zero-order valence-electron chi connectivity index (χ0n) is 10.1. The second-order valence-corrected chi connectivity index (χ2v) is 5.13. The maximum absolute atomic E-state index is 5.89. The number of benzene rings is 2. The van der Waals surface area contributed by atoms with Crippen molar-refractivity contribution in [3.63, 3.8) is 0 Å². The lowest BCUT2D eigenvalue weighted by Gasteiger charge is -2.03. The summed E-state index contributed by atoms with van der Waals surface area (Å²) in [6.45, 7) is 0.380. The van der Waals surface area contributed by atoms with Crippen LogP contribution in [0.15, 0.2) is 57.4 Å². The van der Waals surface area contributed by atoms with Gasteiger partial charge in [0.15, 0.2) is 0 Å². The van der Waals surface area contributed by atoms with Gasteiger partial charge in [-0.25, -0.2) is 0 Å². The predicted molar refractivity (Wildman–Crippen MR) is 79.1 cm³/mol. The fourth-order valence-corrected chi connectivity index (χ4v) is 2.30. The Morgan fingerprint density at radius 3 is 2.74 bits per heavy atom. The molecule has 0 atom stereocenters. The molecule has 0 spiro atoms. The Morgan fingerprint density at radius 1 is 1.11 bits per heavy atom. The molecule has 1 heterocycles. The minimum absolute atomic E-state index is 0.380. The van der Waals surface area contributed by atoms with Gasteiger partial charge in [-0.05, 0) is 36.4 Å². The van der Waals surface area contributed by atoms with Gasteiger partial charge in [0.05, 0.1) is 0 Å². The number of nitrogens with two attached hydrogens (primary N) is 1. The standard InChI is InChI=1S/C15H12BrNO2/c16-10-3-1-4-11(7-10)18-9-12-8-13-14(17)5-2-6-15(13)19-12/h1-8H,9,17H2. The lowest BCUT2D eigenvalue weighted by atomic mass is 10.2. The first-order valence-corrected chi connectivity index (χ1v) is 6.67. The molecule has 0 unspecified atom stereocenters. The first kappa shape index (κ1) is 12.1. The smallest absolute Gasteiger partial charge is 0.146 e. The van der Waals surface area contributed by atoms with Crippen LogP contribution in [-0.2, 0) is 6.61 Å². The molecule has 3 aromatic rings. The Morgan fingerprint density at radius 2 is 1.95 bits per heavy atom. The van der Waals surface area contributed by atoms with Gasteiger partial charge in [0, 0.05) is 15.5 Å². The molecule has 3 nitrogen and oxygen atoms in total. The molecule has 0 aliphatic heterocycles. The maximum Gasteiger partial charge on any atom is 0.146 e. The van der Waals surface area contributed by atoms with Gasteiger partial charge >= 0.3 is 0 Å². The van der Waals surface area contributed by atoms with E-state index in [1.165, 1.54) is 0 Å². The van der Waals surface area contributed by atoms with Crippen LogP contribution in [0.5, 0.6) is 5.75 Å². The van der Waals surface area contributed by atoms with Crippen molar-refractivity contribution in [2.45, 2.75) is 6.61 Å². The van der Waals surface area contributed by atoms with E-state index >= 15 is 0 Å². The third kappa shape index (κ3) is 2.58. The van der Waals surface area contributed by atoms with Crippen molar-refractivity contribution in [1.29, 1.82) is 0 Å². The molecule has 19 heavy (non-hydrogen) atoms. The summed E-state index contributed by atoms with van der Waals surface area (Å²) in [4.78, 5) is 0. The third-order valence-corrected chi connectivity index (χ3v) is 3.32. The van der Waals surface area contributed by atoms with Crippen molar-refractivity contribution < 1.29 is 9.15 Å². The normalized spacial score (nSPS) is 10.8. The molecule has 0 saturated heterocycles. The lowest BCUT2D eigenvalue weighted by molar-refractivity contribution is 0.274. The summed E-state index contributed by atoms with van der Waals surface area (Å²) in [5, 5.41) is 0.926. The second kappa shape index (κ2) is 4.97. The quantitative estimate of drug-likeness (QED) is 0.730. The summed E-state index contributed by atoms with van der Waals surface area (Å²) in [6.07, 6.45) is 0. The highest BCUT2D eigenvalue weighted by Crippen LogP contribution is 2.26. The zero-order chi connectivity index (χ0) is 13.2. The van der Waals surface area contributed by atoms with Gasteiger partial charge in [-0.2, -0.15) is 0 Å². The van der Waals surface area contributed by atoms with E-state index in [4.69, 9.17) is 14.9 Å². The van der Waals surface area contributed by atoms with Crippen molar-refractivity contribution in [2.24, 2.45) is 0 Å². The Balaban J connectivity index is 1.80. The molecule has 2 aromatic carbocycles. The van der Waals surface area contributed by atoms with Gasteiger partial charge in [0.1, 0.15) is 23.7 Å². The number of rotatable bonds is 3. The van der Waals surface area contributed by atoms with E-state index in [2.05, 4.69) is 15.9 Å².